The summed E-state index contributed by atoms with van der Waals surface area (Å²) in [6.45, 7) is 4.14. The van der Waals surface area contributed by atoms with Crippen molar-refractivity contribution in [2.75, 3.05) is 19.6 Å². The molecule has 0 unspecified atom stereocenters. The standard InChI is InChI=1S/C23H29FN4O/c1-26-15-19(14-25-26)16-27-12-9-20(10-13-27)22-4-2-3-11-28(23(22)29)17-18-5-7-21(24)8-6-18/h2-3,5-8,14-15,20,22H,4,9-13,16-17H2,1H3/t22-/m1/s1. The maximum Gasteiger partial charge on any atom is 0.226 e. The SMILES string of the molecule is Cn1cc(CN2CCC([C@H]3CC=CCN(Cc4ccc(F)cc4)C3=O)CC2)cn1. The number of amides is 1. The number of benzene rings is 1. The zero-order chi connectivity index (χ0) is 20.2. The van der Waals surface area contributed by atoms with E-state index in [-0.39, 0.29) is 17.6 Å². The first-order valence-corrected chi connectivity index (χ1v) is 10.5. The molecule has 1 atom stereocenters. The molecule has 0 bridgehead atoms. The number of nitrogens with zero attached hydrogens (tertiary/aromatic N) is 4. The Labute approximate surface area is 171 Å². The Kier molecular flexibility index (Phi) is 6.09. The fourth-order valence-electron chi connectivity index (χ4n) is 4.54. The van der Waals surface area contributed by atoms with Gasteiger partial charge in [-0.3, -0.25) is 14.4 Å². The maximum absolute atomic E-state index is 13.3. The third-order valence-electron chi connectivity index (χ3n) is 6.16. The molecular weight excluding hydrogens is 367 g/mol. The number of likely N-dealkylation sites (tertiary alicyclic amines) is 1. The zero-order valence-electron chi connectivity index (χ0n) is 17.0. The van der Waals surface area contributed by atoms with E-state index in [4.69, 9.17) is 0 Å². The van der Waals surface area contributed by atoms with Crippen molar-refractivity contribution < 1.29 is 9.18 Å². The lowest BCUT2D eigenvalue weighted by molar-refractivity contribution is -0.137. The molecule has 0 radical (unpaired) electrons. The van der Waals surface area contributed by atoms with Crippen LogP contribution in [0.15, 0.2) is 48.8 Å². The van der Waals surface area contributed by atoms with E-state index in [1.165, 1.54) is 17.7 Å². The largest absolute Gasteiger partial charge is 0.334 e. The Hall–Kier alpha value is -2.47. The molecule has 154 valence electrons. The minimum atomic E-state index is -0.244. The van der Waals surface area contributed by atoms with Crippen LogP contribution in [0.25, 0.3) is 0 Å². The van der Waals surface area contributed by atoms with Crippen molar-refractivity contribution in [2.24, 2.45) is 18.9 Å². The topological polar surface area (TPSA) is 41.4 Å². The van der Waals surface area contributed by atoms with Crippen molar-refractivity contribution in [3.8, 4) is 0 Å². The highest BCUT2D eigenvalue weighted by atomic mass is 19.1. The first kappa shape index (κ1) is 19.8. The third kappa shape index (κ3) is 4.93. The molecule has 1 amide bonds. The Morgan fingerprint density at radius 1 is 1.07 bits per heavy atom. The van der Waals surface area contributed by atoms with Gasteiger partial charge in [-0.05, 0) is 56.0 Å². The molecule has 0 N–H and O–H groups in total. The molecule has 6 heteroatoms. The minimum absolute atomic E-state index is 0.0507. The molecule has 1 fully saturated rings. The van der Waals surface area contributed by atoms with E-state index >= 15 is 0 Å². The van der Waals surface area contributed by atoms with Gasteiger partial charge in [-0.25, -0.2) is 4.39 Å². The molecule has 0 aliphatic carbocycles. The van der Waals surface area contributed by atoms with Crippen LogP contribution >= 0.6 is 0 Å². The number of hydrogen-bond acceptors (Lipinski definition) is 3. The lowest BCUT2D eigenvalue weighted by Gasteiger charge is -2.36. The van der Waals surface area contributed by atoms with Crippen LogP contribution in [-0.2, 0) is 24.9 Å². The van der Waals surface area contributed by atoms with Gasteiger partial charge >= 0.3 is 0 Å². The van der Waals surface area contributed by atoms with Gasteiger partial charge in [0.1, 0.15) is 5.82 Å². The summed E-state index contributed by atoms with van der Waals surface area (Å²) in [5.74, 6) is 0.470. The highest BCUT2D eigenvalue weighted by Gasteiger charge is 2.34. The summed E-state index contributed by atoms with van der Waals surface area (Å²) in [5.41, 5.74) is 2.21. The molecule has 5 nitrogen and oxygen atoms in total. The van der Waals surface area contributed by atoms with E-state index in [9.17, 15) is 9.18 Å². The average molecular weight is 397 g/mol. The molecule has 2 aliphatic rings. The molecule has 1 saturated heterocycles. The van der Waals surface area contributed by atoms with E-state index < -0.39 is 0 Å². The van der Waals surface area contributed by atoms with E-state index in [1.807, 2.05) is 22.8 Å². The molecular formula is C23H29FN4O. The number of aromatic nitrogens is 2. The number of allylic oxidation sites excluding steroid dienone is 1. The summed E-state index contributed by atoms with van der Waals surface area (Å²) >= 11 is 0. The Morgan fingerprint density at radius 3 is 2.52 bits per heavy atom. The van der Waals surface area contributed by atoms with Crippen LogP contribution in [0.5, 0.6) is 0 Å². The van der Waals surface area contributed by atoms with Gasteiger partial charge in [0.2, 0.25) is 5.91 Å². The van der Waals surface area contributed by atoms with Crippen LogP contribution in [0.2, 0.25) is 0 Å². The van der Waals surface area contributed by atoms with Crippen molar-refractivity contribution in [3.63, 3.8) is 0 Å². The van der Waals surface area contributed by atoms with E-state index in [2.05, 4.69) is 28.3 Å². The molecule has 4 rings (SSSR count). The smallest absolute Gasteiger partial charge is 0.226 e. The normalized spacial score (nSPS) is 21.5. The second kappa shape index (κ2) is 8.91. The lowest BCUT2D eigenvalue weighted by Crippen LogP contribution is -2.42. The number of halogens is 1. The number of carbonyl (C=O) groups is 1. The second-order valence-corrected chi connectivity index (χ2v) is 8.29. The molecule has 29 heavy (non-hydrogen) atoms. The number of hydrogen-bond donors (Lipinski definition) is 0. The molecule has 3 heterocycles. The van der Waals surface area contributed by atoms with E-state index in [0.29, 0.717) is 19.0 Å². The number of carbonyl (C=O) groups excluding carboxylic acids is 1. The summed E-state index contributed by atoms with van der Waals surface area (Å²) in [7, 11) is 1.94. The number of aryl methyl sites for hydroxylation is 1. The maximum atomic E-state index is 13.3. The molecule has 1 aromatic carbocycles. The summed E-state index contributed by atoms with van der Waals surface area (Å²) in [4.78, 5) is 17.7. The first-order chi connectivity index (χ1) is 14.1. The lowest BCUT2D eigenvalue weighted by atomic mass is 9.81. The predicted molar refractivity (Wildman–Crippen MR) is 110 cm³/mol. The van der Waals surface area contributed by atoms with Crippen molar-refractivity contribution in [1.29, 1.82) is 0 Å². The van der Waals surface area contributed by atoms with Gasteiger partial charge in [-0.15, -0.1) is 0 Å². The second-order valence-electron chi connectivity index (χ2n) is 8.29. The van der Waals surface area contributed by atoms with Crippen LogP contribution in [0.3, 0.4) is 0 Å². The van der Waals surface area contributed by atoms with Gasteiger partial charge in [0.15, 0.2) is 0 Å². The molecule has 0 saturated carbocycles. The van der Waals surface area contributed by atoms with Gasteiger partial charge in [0.25, 0.3) is 0 Å². The number of rotatable bonds is 5. The van der Waals surface area contributed by atoms with Crippen LogP contribution < -0.4 is 0 Å². The van der Waals surface area contributed by atoms with Gasteiger partial charge in [-0.2, -0.15) is 5.10 Å². The fourth-order valence-corrected chi connectivity index (χ4v) is 4.54. The fraction of sp³-hybridized carbons (Fsp3) is 0.478. The minimum Gasteiger partial charge on any atom is -0.334 e. The quantitative estimate of drug-likeness (QED) is 0.728. The van der Waals surface area contributed by atoms with Crippen molar-refractivity contribution in [1.82, 2.24) is 19.6 Å². The Bertz CT molecular complexity index is 852. The van der Waals surface area contributed by atoms with Crippen LogP contribution in [0.4, 0.5) is 4.39 Å². The van der Waals surface area contributed by atoms with Crippen molar-refractivity contribution >= 4 is 5.91 Å². The highest BCUT2D eigenvalue weighted by molar-refractivity contribution is 5.80. The zero-order valence-corrected chi connectivity index (χ0v) is 17.0. The van der Waals surface area contributed by atoms with Gasteiger partial charge in [0.05, 0.1) is 6.20 Å². The van der Waals surface area contributed by atoms with Crippen LogP contribution in [-0.4, -0.2) is 45.1 Å². The Balaban J connectivity index is 1.35. The highest BCUT2D eigenvalue weighted by Crippen LogP contribution is 2.31. The predicted octanol–water partition coefficient (Wildman–Crippen LogP) is 3.38. The molecule has 2 aromatic rings. The van der Waals surface area contributed by atoms with Gasteiger partial charge < -0.3 is 4.90 Å². The van der Waals surface area contributed by atoms with Gasteiger partial charge in [0, 0.05) is 44.4 Å². The number of piperidine rings is 1. The summed E-state index contributed by atoms with van der Waals surface area (Å²) in [6.07, 6.45) is 11.2. The first-order valence-electron chi connectivity index (χ1n) is 10.5. The molecule has 1 aromatic heterocycles. The van der Waals surface area contributed by atoms with E-state index in [1.54, 1.807) is 12.1 Å². The van der Waals surface area contributed by atoms with E-state index in [0.717, 1.165) is 44.5 Å². The average Bonchev–Trinajstić information content (AvgIpc) is 3.04. The third-order valence-corrected chi connectivity index (χ3v) is 6.16. The van der Waals surface area contributed by atoms with Crippen molar-refractivity contribution in [3.05, 3.63) is 65.8 Å². The molecule has 0 spiro atoms. The summed E-state index contributed by atoms with van der Waals surface area (Å²) in [6, 6.07) is 6.46. The van der Waals surface area contributed by atoms with Gasteiger partial charge in [-0.1, -0.05) is 24.3 Å². The van der Waals surface area contributed by atoms with Crippen LogP contribution in [0, 0.1) is 17.7 Å². The van der Waals surface area contributed by atoms with Crippen molar-refractivity contribution in [2.45, 2.75) is 32.4 Å². The van der Waals surface area contributed by atoms with Crippen LogP contribution in [0.1, 0.15) is 30.4 Å². The summed E-state index contributed by atoms with van der Waals surface area (Å²) in [5, 5.41) is 4.25. The Morgan fingerprint density at radius 2 is 1.83 bits per heavy atom. The monoisotopic (exact) mass is 396 g/mol. The molecule has 2 aliphatic heterocycles. The summed E-state index contributed by atoms with van der Waals surface area (Å²) < 4.78 is 15.0.